The van der Waals surface area contributed by atoms with E-state index >= 15 is 0 Å². The van der Waals surface area contributed by atoms with Crippen LogP contribution in [-0.2, 0) is 6.42 Å². The zero-order chi connectivity index (χ0) is 13.5. The van der Waals surface area contributed by atoms with E-state index in [-0.39, 0.29) is 5.69 Å². The monoisotopic (exact) mass is 254 g/mol. The van der Waals surface area contributed by atoms with Gasteiger partial charge in [-0.25, -0.2) is 0 Å². The molecular formula is C11H18N4O3. The highest BCUT2D eigenvalue weighted by atomic mass is 16.6. The number of aliphatic hydroxyl groups is 1. The molecule has 0 bridgehead atoms. The number of hydrogen-bond acceptors (Lipinski definition) is 6. The van der Waals surface area contributed by atoms with Crippen molar-refractivity contribution < 1.29 is 10.0 Å². The van der Waals surface area contributed by atoms with Crippen molar-refractivity contribution in [2.75, 3.05) is 13.1 Å². The molecule has 0 aliphatic carbocycles. The van der Waals surface area contributed by atoms with Gasteiger partial charge < -0.3 is 16.6 Å². The maximum Gasteiger partial charge on any atom is 0.269 e. The first-order valence-corrected chi connectivity index (χ1v) is 5.65. The summed E-state index contributed by atoms with van der Waals surface area (Å²) < 4.78 is 0. The van der Waals surface area contributed by atoms with E-state index in [1.54, 1.807) is 12.1 Å². The van der Waals surface area contributed by atoms with Crippen LogP contribution in [0.15, 0.2) is 24.3 Å². The van der Waals surface area contributed by atoms with Gasteiger partial charge in [0.25, 0.3) is 5.69 Å². The number of aliphatic hydroxyl groups excluding tert-OH is 1. The van der Waals surface area contributed by atoms with Gasteiger partial charge in [-0.15, -0.1) is 0 Å². The Labute approximate surface area is 105 Å². The molecule has 2 unspecified atom stereocenters. The molecule has 0 saturated heterocycles. The van der Waals surface area contributed by atoms with Gasteiger partial charge in [0.05, 0.1) is 4.92 Å². The quantitative estimate of drug-likeness (QED) is 0.290. The van der Waals surface area contributed by atoms with Crippen molar-refractivity contribution in [1.82, 2.24) is 5.32 Å². The van der Waals surface area contributed by atoms with Gasteiger partial charge in [-0.2, -0.15) is 0 Å². The second-order valence-corrected chi connectivity index (χ2v) is 3.98. The smallest absolute Gasteiger partial charge is 0.269 e. The summed E-state index contributed by atoms with van der Waals surface area (Å²) in [6.45, 7) is 0.899. The number of hydrogen-bond donors (Lipinski definition) is 4. The van der Waals surface area contributed by atoms with E-state index in [1.807, 2.05) is 0 Å². The molecule has 0 amide bonds. The van der Waals surface area contributed by atoms with Gasteiger partial charge in [0.2, 0.25) is 0 Å². The third kappa shape index (κ3) is 4.38. The van der Waals surface area contributed by atoms with Crippen molar-refractivity contribution in [2.45, 2.75) is 18.7 Å². The minimum Gasteiger partial charge on any atom is -0.377 e. The van der Waals surface area contributed by atoms with Crippen LogP contribution >= 0.6 is 0 Å². The number of non-ortho nitro benzene ring substituents is 1. The van der Waals surface area contributed by atoms with E-state index in [0.717, 1.165) is 5.56 Å². The van der Waals surface area contributed by atoms with Crippen LogP contribution in [0.2, 0.25) is 0 Å². The first-order valence-electron chi connectivity index (χ1n) is 5.65. The van der Waals surface area contributed by atoms with Crippen molar-refractivity contribution in [3.05, 3.63) is 39.9 Å². The number of nitrogens with zero attached hydrogens (tertiary/aromatic N) is 1. The highest BCUT2D eigenvalue weighted by Gasteiger charge is 2.14. The number of rotatable bonds is 7. The molecule has 2 atom stereocenters. The van der Waals surface area contributed by atoms with Gasteiger partial charge in [-0.05, 0) is 12.0 Å². The van der Waals surface area contributed by atoms with Gasteiger partial charge in [-0.3, -0.25) is 15.4 Å². The lowest BCUT2D eigenvalue weighted by Gasteiger charge is -2.19. The van der Waals surface area contributed by atoms with E-state index < -0.39 is 17.2 Å². The minimum absolute atomic E-state index is 0.0362. The molecule has 0 aromatic heterocycles. The summed E-state index contributed by atoms with van der Waals surface area (Å²) in [6.07, 6.45) is -0.416. The van der Waals surface area contributed by atoms with E-state index in [0.29, 0.717) is 19.5 Å². The van der Waals surface area contributed by atoms with Crippen LogP contribution in [0.4, 0.5) is 5.69 Å². The van der Waals surface area contributed by atoms with Crippen molar-refractivity contribution in [3.63, 3.8) is 0 Å². The number of benzene rings is 1. The SMILES string of the molecule is NCCNC(O)C(N)Cc1ccc([N+](=O)[O-])cc1. The number of nitro benzene ring substituents is 1. The second-order valence-electron chi connectivity index (χ2n) is 3.98. The van der Waals surface area contributed by atoms with Crippen molar-refractivity contribution in [2.24, 2.45) is 11.5 Å². The number of nitrogens with two attached hydrogens (primary N) is 2. The van der Waals surface area contributed by atoms with Crippen LogP contribution in [0.5, 0.6) is 0 Å². The molecule has 0 saturated carbocycles. The predicted molar refractivity (Wildman–Crippen MR) is 67.8 cm³/mol. The highest BCUT2D eigenvalue weighted by Crippen LogP contribution is 2.13. The van der Waals surface area contributed by atoms with Crippen LogP contribution < -0.4 is 16.8 Å². The molecule has 6 N–H and O–H groups in total. The Kier molecular flexibility index (Phi) is 5.66. The summed E-state index contributed by atoms with van der Waals surface area (Å²) in [5, 5.41) is 22.9. The van der Waals surface area contributed by atoms with E-state index in [4.69, 9.17) is 11.5 Å². The Morgan fingerprint density at radius 3 is 2.50 bits per heavy atom. The van der Waals surface area contributed by atoms with Crippen molar-refractivity contribution >= 4 is 5.69 Å². The largest absolute Gasteiger partial charge is 0.377 e. The topological polar surface area (TPSA) is 127 Å². The second kappa shape index (κ2) is 7.02. The van der Waals surface area contributed by atoms with Gasteiger partial charge in [0, 0.05) is 31.3 Å². The molecule has 0 spiro atoms. The summed E-state index contributed by atoms with van der Waals surface area (Å²) in [5.74, 6) is 0. The Hall–Kier alpha value is -1.54. The van der Waals surface area contributed by atoms with Crippen molar-refractivity contribution in [1.29, 1.82) is 0 Å². The van der Waals surface area contributed by atoms with Crippen LogP contribution in [-0.4, -0.2) is 35.4 Å². The zero-order valence-corrected chi connectivity index (χ0v) is 9.95. The predicted octanol–water partition coefficient (Wildman–Crippen LogP) is -0.669. The third-order valence-electron chi connectivity index (χ3n) is 2.52. The fraction of sp³-hybridized carbons (Fsp3) is 0.455. The molecule has 0 fully saturated rings. The standard InChI is InChI=1S/C11H18N4O3/c12-5-6-14-11(16)10(13)7-8-1-3-9(4-2-8)15(17)18/h1-4,10-11,14,16H,5-7,12-13H2. The van der Waals surface area contributed by atoms with Crippen LogP contribution in [0, 0.1) is 10.1 Å². The lowest BCUT2D eigenvalue weighted by Crippen LogP contribution is -2.47. The third-order valence-corrected chi connectivity index (χ3v) is 2.52. The molecular weight excluding hydrogens is 236 g/mol. The Bertz CT molecular complexity index is 382. The molecule has 0 aliphatic rings. The molecule has 0 heterocycles. The molecule has 18 heavy (non-hydrogen) atoms. The first-order chi connectivity index (χ1) is 8.54. The summed E-state index contributed by atoms with van der Waals surface area (Å²) in [6, 6.07) is 5.61. The average molecular weight is 254 g/mol. The Balaban J connectivity index is 2.53. The molecule has 7 nitrogen and oxygen atoms in total. The normalized spacial score (nSPS) is 14.2. The maximum absolute atomic E-state index is 10.5. The van der Waals surface area contributed by atoms with Gasteiger partial charge in [0.1, 0.15) is 6.23 Å². The number of nitrogens with one attached hydrogen (secondary N) is 1. The molecule has 1 rings (SSSR count). The van der Waals surface area contributed by atoms with Crippen LogP contribution in [0.3, 0.4) is 0 Å². The van der Waals surface area contributed by atoms with Gasteiger partial charge in [0.15, 0.2) is 0 Å². The Morgan fingerprint density at radius 1 is 1.39 bits per heavy atom. The van der Waals surface area contributed by atoms with E-state index in [1.165, 1.54) is 12.1 Å². The summed E-state index contributed by atoms with van der Waals surface area (Å²) in [4.78, 5) is 10.0. The zero-order valence-electron chi connectivity index (χ0n) is 9.95. The molecule has 1 aromatic rings. The first kappa shape index (κ1) is 14.5. The molecule has 1 aromatic carbocycles. The van der Waals surface area contributed by atoms with Crippen LogP contribution in [0.1, 0.15) is 5.56 Å². The fourth-order valence-corrected chi connectivity index (χ4v) is 1.52. The Morgan fingerprint density at radius 2 is 2.00 bits per heavy atom. The minimum atomic E-state index is -0.844. The maximum atomic E-state index is 10.5. The van der Waals surface area contributed by atoms with E-state index in [2.05, 4.69) is 5.32 Å². The lowest BCUT2D eigenvalue weighted by molar-refractivity contribution is -0.384. The van der Waals surface area contributed by atoms with Crippen LogP contribution in [0.25, 0.3) is 0 Å². The van der Waals surface area contributed by atoms with Gasteiger partial charge in [-0.1, -0.05) is 12.1 Å². The summed E-state index contributed by atoms with van der Waals surface area (Å²) in [5.41, 5.74) is 12.0. The summed E-state index contributed by atoms with van der Waals surface area (Å²) >= 11 is 0. The molecule has 7 heteroatoms. The van der Waals surface area contributed by atoms with Crippen molar-refractivity contribution in [3.8, 4) is 0 Å². The highest BCUT2D eigenvalue weighted by molar-refractivity contribution is 5.33. The molecule has 100 valence electrons. The summed E-state index contributed by atoms with van der Waals surface area (Å²) in [7, 11) is 0. The molecule has 0 radical (unpaired) electrons. The fourth-order valence-electron chi connectivity index (χ4n) is 1.52. The lowest BCUT2D eigenvalue weighted by atomic mass is 10.1. The average Bonchev–Trinajstić information content (AvgIpc) is 2.36. The molecule has 0 aliphatic heterocycles. The number of nitro groups is 1. The van der Waals surface area contributed by atoms with Gasteiger partial charge >= 0.3 is 0 Å². The van der Waals surface area contributed by atoms with E-state index in [9.17, 15) is 15.2 Å².